The standard InChI is InChI=1S/C13H18FN3/c14-12-3-1-2-4-13(12)17-9-11(10-17)16-7-5-15-6-8-16/h1-4,11,15H,5-10H2. The number of nitrogens with zero attached hydrogens (tertiary/aromatic N) is 2. The van der Waals surface area contributed by atoms with Gasteiger partial charge < -0.3 is 10.2 Å². The van der Waals surface area contributed by atoms with Crippen LogP contribution in [0.5, 0.6) is 0 Å². The molecule has 1 aromatic carbocycles. The predicted octanol–water partition coefficient (Wildman–Crippen LogP) is 0.919. The van der Waals surface area contributed by atoms with E-state index in [9.17, 15) is 4.39 Å². The van der Waals surface area contributed by atoms with Gasteiger partial charge in [0.2, 0.25) is 0 Å². The second kappa shape index (κ2) is 4.63. The first-order valence-electron chi connectivity index (χ1n) is 6.29. The van der Waals surface area contributed by atoms with E-state index in [1.807, 2.05) is 12.1 Å². The summed E-state index contributed by atoms with van der Waals surface area (Å²) >= 11 is 0. The Bertz CT molecular complexity index is 384. The fourth-order valence-corrected chi connectivity index (χ4v) is 2.64. The van der Waals surface area contributed by atoms with E-state index in [0.29, 0.717) is 6.04 Å². The topological polar surface area (TPSA) is 18.5 Å². The van der Waals surface area contributed by atoms with E-state index in [0.717, 1.165) is 45.0 Å². The summed E-state index contributed by atoms with van der Waals surface area (Å²) in [5, 5.41) is 3.35. The van der Waals surface area contributed by atoms with E-state index in [4.69, 9.17) is 0 Å². The number of nitrogens with one attached hydrogen (secondary N) is 1. The van der Waals surface area contributed by atoms with Gasteiger partial charge in [-0.15, -0.1) is 0 Å². The lowest BCUT2D eigenvalue weighted by atomic mass is 10.0. The third-order valence-electron chi connectivity index (χ3n) is 3.72. The van der Waals surface area contributed by atoms with Crippen molar-refractivity contribution in [2.45, 2.75) is 6.04 Å². The molecule has 0 radical (unpaired) electrons. The molecule has 2 saturated heterocycles. The molecule has 1 aromatic rings. The summed E-state index contributed by atoms with van der Waals surface area (Å²) < 4.78 is 13.6. The van der Waals surface area contributed by atoms with Gasteiger partial charge in [0.05, 0.1) is 5.69 Å². The van der Waals surface area contributed by atoms with Crippen molar-refractivity contribution >= 4 is 5.69 Å². The van der Waals surface area contributed by atoms with E-state index in [-0.39, 0.29) is 5.82 Å². The van der Waals surface area contributed by atoms with Crippen LogP contribution < -0.4 is 10.2 Å². The third kappa shape index (κ3) is 2.15. The molecule has 17 heavy (non-hydrogen) atoms. The largest absolute Gasteiger partial charge is 0.366 e. The highest BCUT2D eigenvalue weighted by atomic mass is 19.1. The lowest BCUT2D eigenvalue weighted by Gasteiger charge is -2.48. The Labute approximate surface area is 101 Å². The summed E-state index contributed by atoms with van der Waals surface area (Å²) in [7, 11) is 0. The molecular weight excluding hydrogens is 217 g/mol. The summed E-state index contributed by atoms with van der Waals surface area (Å²) in [6, 6.07) is 7.65. The maximum atomic E-state index is 13.6. The van der Waals surface area contributed by atoms with Crippen molar-refractivity contribution in [2.75, 3.05) is 44.2 Å². The summed E-state index contributed by atoms with van der Waals surface area (Å²) in [5.41, 5.74) is 0.749. The van der Waals surface area contributed by atoms with Crippen molar-refractivity contribution in [3.05, 3.63) is 30.1 Å². The second-order valence-electron chi connectivity index (χ2n) is 4.80. The lowest BCUT2D eigenvalue weighted by Crippen LogP contribution is -2.63. The van der Waals surface area contributed by atoms with Gasteiger partial charge in [0, 0.05) is 45.3 Å². The minimum atomic E-state index is -0.105. The minimum absolute atomic E-state index is 0.105. The first-order chi connectivity index (χ1) is 8.34. The highest BCUT2D eigenvalue weighted by molar-refractivity contribution is 5.50. The quantitative estimate of drug-likeness (QED) is 0.822. The molecule has 0 atom stereocenters. The van der Waals surface area contributed by atoms with Crippen molar-refractivity contribution in [1.82, 2.24) is 10.2 Å². The molecule has 3 rings (SSSR count). The summed E-state index contributed by atoms with van der Waals surface area (Å²) in [4.78, 5) is 4.63. The SMILES string of the molecule is Fc1ccccc1N1CC(N2CCNCC2)C1. The Kier molecular flexibility index (Phi) is 2.99. The van der Waals surface area contributed by atoms with Crippen molar-refractivity contribution in [3.63, 3.8) is 0 Å². The van der Waals surface area contributed by atoms with E-state index in [2.05, 4.69) is 15.1 Å². The molecule has 0 spiro atoms. The number of halogens is 1. The zero-order valence-electron chi connectivity index (χ0n) is 9.90. The van der Waals surface area contributed by atoms with Gasteiger partial charge in [0.1, 0.15) is 5.82 Å². The molecule has 2 heterocycles. The highest BCUT2D eigenvalue weighted by Gasteiger charge is 2.33. The molecule has 3 nitrogen and oxygen atoms in total. The van der Waals surface area contributed by atoms with Gasteiger partial charge in [0.15, 0.2) is 0 Å². The first kappa shape index (κ1) is 11.0. The van der Waals surface area contributed by atoms with Crippen LogP contribution in [0, 0.1) is 5.82 Å². The number of benzene rings is 1. The molecule has 0 saturated carbocycles. The van der Waals surface area contributed by atoms with Gasteiger partial charge in [-0.2, -0.15) is 0 Å². The van der Waals surface area contributed by atoms with Crippen LogP contribution in [-0.2, 0) is 0 Å². The van der Waals surface area contributed by atoms with Gasteiger partial charge in [-0.25, -0.2) is 4.39 Å². The zero-order valence-corrected chi connectivity index (χ0v) is 9.90. The van der Waals surface area contributed by atoms with Gasteiger partial charge >= 0.3 is 0 Å². The van der Waals surface area contributed by atoms with Gasteiger partial charge in [-0.1, -0.05) is 12.1 Å². The van der Waals surface area contributed by atoms with Crippen LogP contribution in [0.15, 0.2) is 24.3 Å². The van der Waals surface area contributed by atoms with Crippen molar-refractivity contribution in [2.24, 2.45) is 0 Å². The Morgan fingerprint density at radius 3 is 2.53 bits per heavy atom. The molecule has 0 amide bonds. The van der Waals surface area contributed by atoms with Crippen molar-refractivity contribution < 1.29 is 4.39 Å². The molecule has 0 unspecified atom stereocenters. The van der Waals surface area contributed by atoms with Crippen LogP contribution in [0.3, 0.4) is 0 Å². The van der Waals surface area contributed by atoms with Gasteiger partial charge in [-0.05, 0) is 12.1 Å². The van der Waals surface area contributed by atoms with Crippen LogP contribution in [0.25, 0.3) is 0 Å². The lowest BCUT2D eigenvalue weighted by molar-refractivity contribution is 0.147. The molecule has 1 N–H and O–H groups in total. The van der Waals surface area contributed by atoms with Crippen molar-refractivity contribution in [1.29, 1.82) is 0 Å². The Morgan fingerprint density at radius 1 is 1.12 bits per heavy atom. The average Bonchev–Trinajstić information content (AvgIpc) is 2.31. The van der Waals surface area contributed by atoms with Crippen LogP contribution in [-0.4, -0.2) is 50.2 Å². The number of para-hydroxylation sites is 1. The zero-order chi connectivity index (χ0) is 11.7. The molecule has 2 fully saturated rings. The fourth-order valence-electron chi connectivity index (χ4n) is 2.64. The average molecular weight is 235 g/mol. The number of hydrogen-bond donors (Lipinski definition) is 1. The van der Waals surface area contributed by atoms with E-state index < -0.39 is 0 Å². The normalized spacial score (nSPS) is 22.5. The molecule has 92 valence electrons. The monoisotopic (exact) mass is 235 g/mol. The van der Waals surface area contributed by atoms with Crippen LogP contribution in [0.4, 0.5) is 10.1 Å². The Balaban J connectivity index is 1.59. The maximum Gasteiger partial charge on any atom is 0.146 e. The number of rotatable bonds is 2. The molecule has 2 aliphatic rings. The molecule has 0 bridgehead atoms. The van der Waals surface area contributed by atoms with Crippen LogP contribution >= 0.6 is 0 Å². The Morgan fingerprint density at radius 2 is 1.82 bits per heavy atom. The molecule has 2 aliphatic heterocycles. The number of anilines is 1. The highest BCUT2D eigenvalue weighted by Crippen LogP contribution is 2.26. The summed E-state index contributed by atoms with van der Waals surface area (Å²) in [5.74, 6) is -0.105. The molecule has 0 aromatic heterocycles. The summed E-state index contributed by atoms with van der Waals surface area (Å²) in [6.07, 6.45) is 0. The van der Waals surface area contributed by atoms with E-state index in [1.54, 1.807) is 6.07 Å². The molecular formula is C13H18FN3. The summed E-state index contributed by atoms with van der Waals surface area (Å²) in [6.45, 7) is 6.32. The predicted molar refractivity (Wildman–Crippen MR) is 66.8 cm³/mol. The maximum absolute atomic E-state index is 13.6. The Hall–Kier alpha value is -1.13. The van der Waals surface area contributed by atoms with E-state index >= 15 is 0 Å². The number of piperazine rings is 1. The number of hydrogen-bond acceptors (Lipinski definition) is 3. The van der Waals surface area contributed by atoms with Gasteiger partial charge in [-0.3, -0.25) is 4.90 Å². The molecule has 4 heteroatoms. The smallest absolute Gasteiger partial charge is 0.146 e. The van der Waals surface area contributed by atoms with Crippen molar-refractivity contribution in [3.8, 4) is 0 Å². The van der Waals surface area contributed by atoms with Gasteiger partial charge in [0.25, 0.3) is 0 Å². The minimum Gasteiger partial charge on any atom is -0.366 e. The van der Waals surface area contributed by atoms with Crippen LogP contribution in [0.2, 0.25) is 0 Å². The first-order valence-corrected chi connectivity index (χ1v) is 6.29. The third-order valence-corrected chi connectivity index (χ3v) is 3.72. The van der Waals surface area contributed by atoms with Crippen LogP contribution in [0.1, 0.15) is 0 Å². The van der Waals surface area contributed by atoms with E-state index in [1.165, 1.54) is 6.07 Å². The second-order valence-corrected chi connectivity index (χ2v) is 4.80. The molecule has 0 aliphatic carbocycles. The fraction of sp³-hybridized carbons (Fsp3) is 0.538.